The molecule has 6 heteroatoms. The number of hydrogen-bond acceptors (Lipinski definition) is 4. The third kappa shape index (κ3) is 5.01. The number of nitrogens with zero attached hydrogens (tertiary/aromatic N) is 2. The number of hydrogen-bond donors (Lipinski definition) is 2. The number of piperazine rings is 1. The van der Waals surface area contributed by atoms with Gasteiger partial charge < -0.3 is 20.2 Å². The monoisotopic (exact) mass is 339 g/mol. The molecule has 1 unspecified atom stereocenters. The zero-order valence-corrected chi connectivity index (χ0v) is 14.6. The van der Waals surface area contributed by atoms with E-state index in [0.717, 1.165) is 37.6 Å². The molecule has 1 atom stereocenters. The second kappa shape index (κ2) is 8.41. The van der Waals surface area contributed by atoms with Crippen molar-refractivity contribution >= 4 is 28.9 Å². The quantitative estimate of drug-likeness (QED) is 0.778. The van der Waals surface area contributed by atoms with E-state index in [-0.39, 0.29) is 17.7 Å². The van der Waals surface area contributed by atoms with Crippen LogP contribution < -0.4 is 10.2 Å². The Morgan fingerprint density at radius 3 is 2.35 bits per heavy atom. The van der Waals surface area contributed by atoms with Crippen molar-refractivity contribution in [1.82, 2.24) is 4.90 Å². The molecule has 1 fully saturated rings. The topological polar surface area (TPSA) is 55.8 Å². The molecule has 0 aromatic heterocycles. The third-order valence-electron chi connectivity index (χ3n) is 4.04. The molecule has 0 spiro atoms. The number of alkyl halides is 1. The Morgan fingerprint density at radius 1 is 1.22 bits per heavy atom. The number of halogens is 1. The summed E-state index contributed by atoms with van der Waals surface area (Å²) in [5, 5.41) is 12.6. The maximum atomic E-state index is 12.0. The number of rotatable bonds is 6. The maximum Gasteiger partial charge on any atom is 0.225 e. The lowest BCUT2D eigenvalue weighted by molar-refractivity contribution is -0.134. The lowest BCUT2D eigenvalue weighted by Gasteiger charge is -2.37. The SMILES string of the molecule is CC(C)C(=O)N1CCN(c2ccc(NCC(O)CCl)cc2)CC1. The highest BCUT2D eigenvalue weighted by Crippen LogP contribution is 2.20. The summed E-state index contributed by atoms with van der Waals surface area (Å²) < 4.78 is 0. The molecule has 5 nitrogen and oxygen atoms in total. The molecular weight excluding hydrogens is 314 g/mol. The summed E-state index contributed by atoms with van der Waals surface area (Å²) in [5.74, 6) is 0.530. The van der Waals surface area contributed by atoms with Gasteiger partial charge in [0.1, 0.15) is 0 Å². The van der Waals surface area contributed by atoms with Crippen molar-refractivity contribution in [3.63, 3.8) is 0 Å². The van der Waals surface area contributed by atoms with Crippen LogP contribution in [0.4, 0.5) is 11.4 Å². The summed E-state index contributed by atoms with van der Waals surface area (Å²) in [4.78, 5) is 16.2. The van der Waals surface area contributed by atoms with Crippen LogP contribution in [0.5, 0.6) is 0 Å². The Labute approximate surface area is 143 Å². The predicted molar refractivity (Wildman–Crippen MR) is 95.3 cm³/mol. The Kier molecular flexibility index (Phi) is 6.54. The molecule has 0 saturated carbocycles. The highest BCUT2D eigenvalue weighted by Gasteiger charge is 2.22. The van der Waals surface area contributed by atoms with E-state index in [1.807, 2.05) is 30.9 Å². The van der Waals surface area contributed by atoms with Crippen molar-refractivity contribution in [3.8, 4) is 0 Å². The van der Waals surface area contributed by atoms with Crippen LogP contribution in [0.2, 0.25) is 0 Å². The Morgan fingerprint density at radius 2 is 1.83 bits per heavy atom. The van der Waals surface area contributed by atoms with Crippen molar-refractivity contribution < 1.29 is 9.90 Å². The van der Waals surface area contributed by atoms with Gasteiger partial charge >= 0.3 is 0 Å². The fourth-order valence-electron chi connectivity index (χ4n) is 2.63. The van der Waals surface area contributed by atoms with E-state index in [9.17, 15) is 9.90 Å². The summed E-state index contributed by atoms with van der Waals surface area (Å²) in [6.45, 7) is 7.60. The lowest BCUT2D eigenvalue weighted by atomic mass is 10.1. The average Bonchev–Trinajstić information content (AvgIpc) is 2.59. The highest BCUT2D eigenvalue weighted by molar-refractivity contribution is 6.18. The number of carbonyl (C=O) groups excluding carboxylic acids is 1. The molecule has 0 radical (unpaired) electrons. The summed E-state index contributed by atoms with van der Waals surface area (Å²) in [5.41, 5.74) is 2.12. The molecule has 1 aliphatic heterocycles. The minimum atomic E-state index is -0.539. The van der Waals surface area contributed by atoms with Gasteiger partial charge in [-0.3, -0.25) is 4.79 Å². The van der Waals surface area contributed by atoms with Crippen LogP contribution in [0, 0.1) is 5.92 Å². The smallest absolute Gasteiger partial charge is 0.225 e. The van der Waals surface area contributed by atoms with Gasteiger partial charge in [-0.15, -0.1) is 11.6 Å². The van der Waals surface area contributed by atoms with E-state index in [0.29, 0.717) is 6.54 Å². The zero-order valence-electron chi connectivity index (χ0n) is 13.8. The van der Waals surface area contributed by atoms with Gasteiger partial charge in [-0.05, 0) is 24.3 Å². The molecule has 0 bridgehead atoms. The number of aliphatic hydroxyl groups excluding tert-OH is 1. The summed E-state index contributed by atoms with van der Waals surface area (Å²) in [6, 6.07) is 8.13. The zero-order chi connectivity index (χ0) is 16.8. The normalized spacial score (nSPS) is 16.6. The van der Waals surface area contributed by atoms with E-state index in [1.54, 1.807) is 0 Å². The second-order valence-corrected chi connectivity index (χ2v) is 6.51. The summed E-state index contributed by atoms with van der Waals surface area (Å²) in [6.07, 6.45) is -0.539. The molecule has 1 saturated heterocycles. The summed E-state index contributed by atoms with van der Waals surface area (Å²) in [7, 11) is 0. The summed E-state index contributed by atoms with van der Waals surface area (Å²) >= 11 is 5.57. The molecule has 128 valence electrons. The number of carbonyl (C=O) groups is 1. The first-order valence-electron chi connectivity index (χ1n) is 8.13. The minimum absolute atomic E-state index is 0.0650. The van der Waals surface area contributed by atoms with Crippen LogP contribution >= 0.6 is 11.6 Å². The lowest BCUT2D eigenvalue weighted by Crippen LogP contribution is -2.49. The molecule has 2 rings (SSSR count). The van der Waals surface area contributed by atoms with Crippen LogP contribution in [0.15, 0.2) is 24.3 Å². The first kappa shape index (κ1) is 17.9. The molecule has 1 aromatic carbocycles. The molecule has 2 N–H and O–H groups in total. The average molecular weight is 340 g/mol. The van der Waals surface area contributed by atoms with Gasteiger partial charge in [0.05, 0.1) is 12.0 Å². The van der Waals surface area contributed by atoms with Crippen LogP contribution in [-0.4, -0.2) is 60.6 Å². The predicted octanol–water partition coefficient (Wildman–Crippen LogP) is 2.00. The van der Waals surface area contributed by atoms with Gasteiger partial charge in [-0.25, -0.2) is 0 Å². The Bertz CT molecular complexity index is 499. The number of benzene rings is 1. The van der Waals surface area contributed by atoms with Crippen molar-refractivity contribution in [1.29, 1.82) is 0 Å². The fourth-order valence-corrected chi connectivity index (χ4v) is 2.74. The molecule has 1 aliphatic rings. The number of amides is 1. The number of aliphatic hydroxyl groups is 1. The van der Waals surface area contributed by atoms with Gasteiger partial charge in [0, 0.05) is 50.0 Å². The maximum absolute atomic E-state index is 12.0. The molecular formula is C17H26ClN3O2. The van der Waals surface area contributed by atoms with Gasteiger partial charge in [-0.2, -0.15) is 0 Å². The van der Waals surface area contributed by atoms with E-state index in [1.165, 1.54) is 0 Å². The van der Waals surface area contributed by atoms with Crippen molar-refractivity contribution in [2.75, 3.05) is 48.8 Å². The van der Waals surface area contributed by atoms with E-state index >= 15 is 0 Å². The van der Waals surface area contributed by atoms with Crippen LogP contribution in [0.3, 0.4) is 0 Å². The fraction of sp³-hybridized carbons (Fsp3) is 0.588. The Balaban J connectivity index is 1.85. The number of anilines is 2. The molecule has 1 amide bonds. The molecule has 23 heavy (non-hydrogen) atoms. The van der Waals surface area contributed by atoms with Gasteiger partial charge in [0.15, 0.2) is 0 Å². The third-order valence-corrected chi connectivity index (χ3v) is 4.39. The second-order valence-electron chi connectivity index (χ2n) is 6.20. The van der Waals surface area contributed by atoms with Crippen LogP contribution in [-0.2, 0) is 4.79 Å². The van der Waals surface area contributed by atoms with Crippen molar-refractivity contribution in [2.45, 2.75) is 20.0 Å². The first-order chi connectivity index (χ1) is 11.0. The minimum Gasteiger partial charge on any atom is -0.390 e. The van der Waals surface area contributed by atoms with E-state index in [2.05, 4.69) is 22.3 Å². The Hall–Kier alpha value is -1.46. The van der Waals surface area contributed by atoms with E-state index < -0.39 is 6.10 Å². The van der Waals surface area contributed by atoms with Gasteiger partial charge in [0.2, 0.25) is 5.91 Å². The van der Waals surface area contributed by atoms with Crippen LogP contribution in [0.1, 0.15) is 13.8 Å². The molecule has 1 aromatic rings. The van der Waals surface area contributed by atoms with Gasteiger partial charge in [0.25, 0.3) is 0 Å². The van der Waals surface area contributed by atoms with E-state index in [4.69, 9.17) is 11.6 Å². The van der Waals surface area contributed by atoms with Crippen LogP contribution in [0.25, 0.3) is 0 Å². The van der Waals surface area contributed by atoms with Crippen molar-refractivity contribution in [3.05, 3.63) is 24.3 Å². The number of nitrogens with one attached hydrogen (secondary N) is 1. The van der Waals surface area contributed by atoms with Crippen molar-refractivity contribution in [2.24, 2.45) is 5.92 Å². The largest absolute Gasteiger partial charge is 0.390 e. The molecule has 1 heterocycles. The highest BCUT2D eigenvalue weighted by atomic mass is 35.5. The molecule has 0 aliphatic carbocycles. The standard InChI is InChI=1S/C17H26ClN3O2/c1-13(2)17(23)21-9-7-20(8-10-21)15-5-3-14(4-6-15)19-12-16(22)11-18/h3-6,13,16,19,22H,7-12H2,1-2H3. The van der Waals surface area contributed by atoms with Gasteiger partial charge in [-0.1, -0.05) is 13.8 Å². The first-order valence-corrected chi connectivity index (χ1v) is 8.66.